The van der Waals surface area contributed by atoms with Gasteiger partial charge in [0.05, 0.1) is 24.6 Å². The highest BCUT2D eigenvalue weighted by atomic mass is 127. The maximum Gasteiger partial charge on any atom is 0.146 e. The molecular formula is C13H14IN5. The van der Waals surface area contributed by atoms with Gasteiger partial charge in [0.15, 0.2) is 0 Å². The van der Waals surface area contributed by atoms with Crippen molar-refractivity contribution >= 4 is 34.2 Å². The van der Waals surface area contributed by atoms with Crippen LogP contribution >= 0.6 is 22.6 Å². The maximum atomic E-state index is 4.63. The largest absolute Gasteiger partial charge is 0.370 e. The minimum absolute atomic E-state index is 0.656. The molecule has 98 valence electrons. The second-order valence-corrected chi connectivity index (χ2v) is 5.53. The lowest BCUT2D eigenvalue weighted by Crippen LogP contribution is -2.14. The Balaban J connectivity index is 1.70. The van der Waals surface area contributed by atoms with Gasteiger partial charge in [0.2, 0.25) is 0 Å². The molecule has 6 heteroatoms. The average molecular weight is 367 g/mol. The van der Waals surface area contributed by atoms with Crippen LogP contribution in [0.15, 0.2) is 24.5 Å². The van der Waals surface area contributed by atoms with Crippen LogP contribution in [-0.4, -0.2) is 21.5 Å². The van der Waals surface area contributed by atoms with E-state index in [2.05, 4.69) is 60.3 Å². The Labute approximate surface area is 125 Å². The number of nitrogens with one attached hydrogen (secondary N) is 2. The fourth-order valence-electron chi connectivity index (χ4n) is 2.08. The van der Waals surface area contributed by atoms with E-state index in [9.17, 15) is 0 Å². The Morgan fingerprint density at radius 3 is 3.11 bits per heavy atom. The standard InChI is InChI=1S/C13H14IN5/c14-11-7-15-8-12(19-11)17-6-10-4-3-9-2-1-5-16-13(9)18-10/h3-4,7-8H,1-2,5-6H2,(H,16,18)(H,17,19). The van der Waals surface area contributed by atoms with Crippen molar-refractivity contribution in [2.24, 2.45) is 0 Å². The van der Waals surface area contributed by atoms with Crippen LogP contribution in [0.5, 0.6) is 0 Å². The van der Waals surface area contributed by atoms with Gasteiger partial charge in [-0.15, -0.1) is 0 Å². The molecule has 1 aliphatic rings. The number of anilines is 2. The lowest BCUT2D eigenvalue weighted by atomic mass is 10.1. The van der Waals surface area contributed by atoms with Gasteiger partial charge in [0.25, 0.3) is 0 Å². The second kappa shape index (κ2) is 5.68. The minimum Gasteiger partial charge on any atom is -0.370 e. The van der Waals surface area contributed by atoms with Crippen LogP contribution in [0.3, 0.4) is 0 Å². The normalized spacial score (nSPS) is 13.5. The zero-order valence-electron chi connectivity index (χ0n) is 10.4. The summed E-state index contributed by atoms with van der Waals surface area (Å²) in [7, 11) is 0. The maximum absolute atomic E-state index is 4.63. The summed E-state index contributed by atoms with van der Waals surface area (Å²) in [6.07, 6.45) is 5.75. The van der Waals surface area contributed by atoms with Gasteiger partial charge in [-0.25, -0.2) is 9.97 Å². The molecule has 5 nitrogen and oxygen atoms in total. The van der Waals surface area contributed by atoms with E-state index >= 15 is 0 Å². The molecule has 19 heavy (non-hydrogen) atoms. The summed E-state index contributed by atoms with van der Waals surface area (Å²) < 4.78 is 0.877. The molecule has 0 aliphatic carbocycles. The highest BCUT2D eigenvalue weighted by molar-refractivity contribution is 14.1. The van der Waals surface area contributed by atoms with Crippen LogP contribution in [0.25, 0.3) is 0 Å². The number of hydrogen-bond donors (Lipinski definition) is 2. The first kappa shape index (κ1) is 12.6. The molecule has 3 rings (SSSR count). The molecule has 0 spiro atoms. The summed E-state index contributed by atoms with van der Waals surface area (Å²) in [4.78, 5) is 13.1. The monoisotopic (exact) mass is 367 g/mol. The van der Waals surface area contributed by atoms with Gasteiger partial charge in [0, 0.05) is 6.54 Å². The van der Waals surface area contributed by atoms with E-state index in [-0.39, 0.29) is 0 Å². The summed E-state index contributed by atoms with van der Waals surface area (Å²) in [5.74, 6) is 1.80. The van der Waals surface area contributed by atoms with Crippen molar-refractivity contribution in [3.63, 3.8) is 0 Å². The molecule has 0 fully saturated rings. The summed E-state index contributed by atoms with van der Waals surface area (Å²) in [6.45, 7) is 1.67. The van der Waals surface area contributed by atoms with E-state index in [1.807, 2.05) is 0 Å². The summed E-state index contributed by atoms with van der Waals surface area (Å²) in [5.41, 5.74) is 2.32. The predicted octanol–water partition coefficient (Wildman–Crippen LogP) is 2.45. The zero-order valence-corrected chi connectivity index (χ0v) is 12.5. The summed E-state index contributed by atoms with van der Waals surface area (Å²) in [6, 6.07) is 4.23. The van der Waals surface area contributed by atoms with Crippen molar-refractivity contribution in [1.29, 1.82) is 0 Å². The number of fused-ring (bicyclic) bond motifs is 1. The highest BCUT2D eigenvalue weighted by Crippen LogP contribution is 2.19. The van der Waals surface area contributed by atoms with E-state index < -0.39 is 0 Å². The molecule has 0 amide bonds. The lowest BCUT2D eigenvalue weighted by Gasteiger charge is -2.17. The third-order valence-corrected chi connectivity index (χ3v) is 3.53. The van der Waals surface area contributed by atoms with Crippen molar-refractivity contribution in [3.05, 3.63) is 39.5 Å². The Bertz CT molecular complexity index is 587. The van der Waals surface area contributed by atoms with Crippen LogP contribution in [0.4, 0.5) is 11.6 Å². The van der Waals surface area contributed by atoms with Gasteiger partial charge >= 0.3 is 0 Å². The smallest absolute Gasteiger partial charge is 0.146 e. The first-order valence-corrected chi connectivity index (χ1v) is 7.33. The van der Waals surface area contributed by atoms with E-state index in [1.54, 1.807) is 12.4 Å². The van der Waals surface area contributed by atoms with E-state index in [0.29, 0.717) is 6.54 Å². The molecule has 2 aromatic heterocycles. The van der Waals surface area contributed by atoms with Crippen LogP contribution in [0.2, 0.25) is 0 Å². The predicted molar refractivity (Wildman–Crippen MR) is 83.1 cm³/mol. The van der Waals surface area contributed by atoms with Gasteiger partial charge in [-0.3, -0.25) is 4.98 Å². The van der Waals surface area contributed by atoms with Crippen molar-refractivity contribution in [3.8, 4) is 0 Å². The molecule has 2 N–H and O–H groups in total. The number of pyridine rings is 1. The fourth-order valence-corrected chi connectivity index (χ4v) is 2.50. The molecule has 2 aromatic rings. The molecule has 0 aromatic carbocycles. The highest BCUT2D eigenvalue weighted by Gasteiger charge is 2.10. The van der Waals surface area contributed by atoms with Crippen LogP contribution in [-0.2, 0) is 13.0 Å². The second-order valence-electron chi connectivity index (χ2n) is 4.42. The number of aryl methyl sites for hydroxylation is 1. The Morgan fingerprint density at radius 2 is 2.21 bits per heavy atom. The first-order chi connectivity index (χ1) is 9.31. The Hall–Kier alpha value is -1.44. The minimum atomic E-state index is 0.656. The quantitative estimate of drug-likeness (QED) is 0.817. The van der Waals surface area contributed by atoms with Crippen LogP contribution < -0.4 is 10.6 Å². The van der Waals surface area contributed by atoms with E-state index in [4.69, 9.17) is 0 Å². The number of halogens is 1. The van der Waals surface area contributed by atoms with E-state index in [1.165, 1.54) is 12.0 Å². The van der Waals surface area contributed by atoms with Crippen molar-refractivity contribution in [1.82, 2.24) is 15.0 Å². The molecular weight excluding hydrogens is 353 g/mol. The van der Waals surface area contributed by atoms with Crippen molar-refractivity contribution < 1.29 is 0 Å². The fraction of sp³-hybridized carbons (Fsp3) is 0.308. The van der Waals surface area contributed by atoms with Gasteiger partial charge in [-0.1, -0.05) is 6.07 Å². The van der Waals surface area contributed by atoms with Gasteiger partial charge in [-0.05, 0) is 47.1 Å². The number of rotatable bonds is 3. The Morgan fingerprint density at radius 1 is 1.26 bits per heavy atom. The molecule has 0 atom stereocenters. The Kier molecular flexibility index (Phi) is 3.77. The van der Waals surface area contributed by atoms with Crippen LogP contribution in [0.1, 0.15) is 17.7 Å². The topological polar surface area (TPSA) is 62.7 Å². The number of aromatic nitrogens is 3. The number of hydrogen-bond acceptors (Lipinski definition) is 5. The van der Waals surface area contributed by atoms with Crippen LogP contribution in [0, 0.1) is 3.70 Å². The molecule has 1 aliphatic heterocycles. The summed E-state index contributed by atoms with van der Waals surface area (Å²) >= 11 is 2.15. The third-order valence-electron chi connectivity index (χ3n) is 3.01. The van der Waals surface area contributed by atoms with Crippen molar-refractivity contribution in [2.75, 3.05) is 17.2 Å². The SMILES string of the molecule is Ic1cncc(NCc2ccc3c(n2)NCCC3)n1. The molecule has 0 saturated heterocycles. The average Bonchev–Trinajstić information content (AvgIpc) is 2.45. The van der Waals surface area contributed by atoms with E-state index in [0.717, 1.165) is 34.0 Å². The molecule has 0 saturated carbocycles. The molecule has 3 heterocycles. The van der Waals surface area contributed by atoms with Crippen molar-refractivity contribution in [2.45, 2.75) is 19.4 Å². The van der Waals surface area contributed by atoms with Gasteiger partial charge < -0.3 is 10.6 Å². The third kappa shape index (κ3) is 3.12. The first-order valence-electron chi connectivity index (χ1n) is 6.25. The zero-order chi connectivity index (χ0) is 13.1. The number of nitrogens with zero attached hydrogens (tertiary/aromatic N) is 3. The van der Waals surface area contributed by atoms with Gasteiger partial charge in [-0.2, -0.15) is 0 Å². The molecule has 0 radical (unpaired) electrons. The molecule has 0 unspecified atom stereocenters. The molecule has 0 bridgehead atoms. The summed E-state index contributed by atoms with van der Waals surface area (Å²) in [5, 5.41) is 6.58. The van der Waals surface area contributed by atoms with Gasteiger partial charge in [0.1, 0.15) is 15.3 Å². The lowest BCUT2D eigenvalue weighted by molar-refractivity contribution is 0.811.